The van der Waals surface area contributed by atoms with Gasteiger partial charge in [-0.1, -0.05) is 29.3 Å². The Morgan fingerprint density at radius 2 is 1.52 bits per heavy atom. The molecule has 0 saturated heterocycles. The van der Waals surface area contributed by atoms with E-state index in [4.69, 9.17) is 42.1 Å². The molecule has 0 fully saturated rings. The number of methoxy groups -OCH3 is 4. The van der Waals surface area contributed by atoms with Crippen LogP contribution in [0, 0.1) is 0 Å². The largest absolute Gasteiger partial charge is 0.497 e. The Morgan fingerprint density at radius 3 is 2.15 bits per heavy atom. The van der Waals surface area contributed by atoms with Gasteiger partial charge >= 0.3 is 0 Å². The van der Waals surface area contributed by atoms with Gasteiger partial charge in [0.2, 0.25) is 5.91 Å². The van der Waals surface area contributed by atoms with Crippen molar-refractivity contribution < 1.29 is 32.2 Å². The van der Waals surface area contributed by atoms with E-state index in [-0.39, 0.29) is 22.1 Å². The number of hydrogen-bond acceptors (Lipinski definition) is 8. The number of halogens is 2. The molecular weight excluding hydrogens is 599 g/mol. The first kappa shape index (κ1) is 31.5. The van der Waals surface area contributed by atoms with Gasteiger partial charge in [-0.15, -0.1) is 0 Å². The first-order valence-corrected chi connectivity index (χ1v) is 15.3. The van der Waals surface area contributed by atoms with E-state index in [1.54, 1.807) is 30.3 Å². The van der Waals surface area contributed by atoms with Crippen LogP contribution in [0.2, 0.25) is 10.0 Å². The second-order valence-electron chi connectivity index (χ2n) is 8.17. The first-order valence-electron chi connectivity index (χ1n) is 11.9. The summed E-state index contributed by atoms with van der Waals surface area (Å²) in [6.45, 7) is -0.216. The molecule has 216 valence electrons. The molecule has 0 aliphatic carbocycles. The quantitative estimate of drug-likeness (QED) is 0.241. The van der Waals surface area contributed by atoms with E-state index in [1.807, 2.05) is 0 Å². The van der Waals surface area contributed by atoms with E-state index in [0.717, 1.165) is 9.87 Å². The van der Waals surface area contributed by atoms with Gasteiger partial charge in [-0.05, 0) is 42.0 Å². The molecule has 0 saturated carbocycles. The van der Waals surface area contributed by atoms with Crippen molar-refractivity contribution in [2.45, 2.75) is 10.6 Å². The molecule has 0 aromatic heterocycles. The van der Waals surface area contributed by atoms with Gasteiger partial charge in [0, 0.05) is 40.2 Å². The summed E-state index contributed by atoms with van der Waals surface area (Å²) in [7, 11) is 1.45. The van der Waals surface area contributed by atoms with Gasteiger partial charge in [0.15, 0.2) is 11.5 Å². The summed E-state index contributed by atoms with van der Waals surface area (Å²) < 4.78 is 50.1. The Morgan fingerprint density at radius 1 is 0.875 bits per heavy atom. The van der Waals surface area contributed by atoms with Crippen molar-refractivity contribution in [2.75, 3.05) is 51.6 Å². The lowest BCUT2D eigenvalue weighted by Crippen LogP contribution is -2.41. The summed E-state index contributed by atoms with van der Waals surface area (Å²) in [5.74, 6) is 1.82. The summed E-state index contributed by atoms with van der Waals surface area (Å²) >= 11 is 14.0. The average Bonchev–Trinajstić information content (AvgIpc) is 2.96. The summed E-state index contributed by atoms with van der Waals surface area (Å²) in [4.78, 5) is 12.9. The van der Waals surface area contributed by atoms with Crippen LogP contribution < -0.4 is 28.6 Å². The Kier molecular flexibility index (Phi) is 11.5. The Balaban J connectivity index is 1.83. The van der Waals surface area contributed by atoms with Crippen molar-refractivity contribution >= 4 is 56.6 Å². The molecule has 9 nitrogen and oxygen atoms in total. The zero-order valence-electron chi connectivity index (χ0n) is 22.4. The van der Waals surface area contributed by atoms with Gasteiger partial charge in [0.1, 0.15) is 18.0 Å². The third-order valence-corrected chi connectivity index (χ3v) is 9.21. The number of anilines is 1. The minimum atomic E-state index is -4.28. The lowest BCUT2D eigenvalue weighted by Gasteiger charge is -2.26. The topological polar surface area (TPSA) is 103 Å². The predicted octanol–water partition coefficient (Wildman–Crippen LogP) is 5.27. The van der Waals surface area contributed by atoms with Crippen LogP contribution in [0.25, 0.3) is 0 Å². The number of hydrogen-bond donors (Lipinski definition) is 1. The highest BCUT2D eigenvalue weighted by molar-refractivity contribution is 7.98. The van der Waals surface area contributed by atoms with Crippen LogP contribution in [0.5, 0.6) is 23.0 Å². The van der Waals surface area contributed by atoms with E-state index in [9.17, 15) is 13.2 Å². The zero-order chi connectivity index (χ0) is 29.3. The molecule has 40 heavy (non-hydrogen) atoms. The van der Waals surface area contributed by atoms with Gasteiger partial charge in [-0.25, -0.2) is 8.42 Å². The normalized spacial score (nSPS) is 11.1. The monoisotopic (exact) mass is 628 g/mol. The van der Waals surface area contributed by atoms with Crippen LogP contribution >= 0.6 is 35.0 Å². The Labute approximate surface area is 248 Å². The molecule has 13 heteroatoms. The fourth-order valence-electron chi connectivity index (χ4n) is 3.69. The van der Waals surface area contributed by atoms with E-state index in [2.05, 4.69) is 5.32 Å². The first-order chi connectivity index (χ1) is 19.2. The van der Waals surface area contributed by atoms with Crippen molar-refractivity contribution in [3.63, 3.8) is 0 Å². The molecule has 1 N–H and O–H groups in total. The van der Waals surface area contributed by atoms with Crippen LogP contribution in [0.3, 0.4) is 0 Å². The molecule has 3 aromatic rings. The molecule has 0 aliphatic heterocycles. The maximum atomic E-state index is 13.9. The standard InChI is InChI=1S/C27H30Cl2N2O7S2/c1-35-18-8-10-24(36-2)23(14-18)31(40(33,34)19-9-11-25(37-3)26(15-19)38-4)16-27(32)30-12-13-39-17-20-21(28)6-5-7-22(20)29/h5-11,14-15H,12-13,16-17H2,1-4H3,(H,30,32). The minimum absolute atomic E-state index is 0.102. The van der Waals surface area contributed by atoms with Crippen LogP contribution in [0.4, 0.5) is 5.69 Å². The molecule has 0 unspecified atom stereocenters. The number of sulfonamides is 1. The Hall–Kier alpha value is -2.99. The van der Waals surface area contributed by atoms with E-state index >= 15 is 0 Å². The van der Waals surface area contributed by atoms with Crippen LogP contribution in [0.1, 0.15) is 5.56 Å². The number of amides is 1. The molecule has 3 rings (SSSR count). The zero-order valence-corrected chi connectivity index (χ0v) is 25.5. The van der Waals surface area contributed by atoms with E-state index in [0.29, 0.717) is 39.6 Å². The van der Waals surface area contributed by atoms with Crippen LogP contribution in [-0.4, -0.2) is 61.6 Å². The second kappa shape index (κ2) is 14.6. The molecule has 0 bridgehead atoms. The highest BCUT2D eigenvalue weighted by atomic mass is 35.5. The molecule has 0 heterocycles. The van der Waals surface area contributed by atoms with Gasteiger partial charge in [0.05, 0.1) is 39.0 Å². The van der Waals surface area contributed by atoms with Crippen molar-refractivity contribution in [3.8, 4) is 23.0 Å². The van der Waals surface area contributed by atoms with Crippen LogP contribution in [0.15, 0.2) is 59.5 Å². The number of benzene rings is 3. The smallest absolute Gasteiger partial charge is 0.265 e. The van der Waals surface area contributed by atoms with Crippen LogP contribution in [-0.2, 0) is 20.6 Å². The SMILES string of the molecule is COc1ccc(OC)c(N(CC(=O)NCCSCc2c(Cl)cccc2Cl)S(=O)(=O)c2ccc(OC)c(OC)c2)c1. The maximum absolute atomic E-state index is 13.9. The summed E-state index contributed by atoms with van der Waals surface area (Å²) in [5, 5.41) is 3.93. The van der Waals surface area contributed by atoms with Gasteiger partial charge in [0.25, 0.3) is 10.0 Å². The third-order valence-electron chi connectivity index (χ3n) is 5.76. The van der Waals surface area contributed by atoms with Gasteiger partial charge in [-0.3, -0.25) is 9.10 Å². The van der Waals surface area contributed by atoms with Gasteiger partial charge < -0.3 is 24.3 Å². The lowest BCUT2D eigenvalue weighted by atomic mass is 10.2. The van der Waals surface area contributed by atoms with Crippen molar-refractivity contribution in [1.29, 1.82) is 0 Å². The minimum Gasteiger partial charge on any atom is -0.497 e. The second-order valence-corrected chi connectivity index (χ2v) is 12.0. The van der Waals surface area contributed by atoms with Crippen molar-refractivity contribution in [1.82, 2.24) is 5.32 Å². The third kappa shape index (κ3) is 7.60. The lowest BCUT2D eigenvalue weighted by molar-refractivity contribution is -0.119. The molecule has 1 amide bonds. The fourth-order valence-corrected chi connectivity index (χ4v) is 6.72. The van der Waals surface area contributed by atoms with Gasteiger partial charge in [-0.2, -0.15) is 11.8 Å². The number of rotatable bonds is 14. The molecule has 0 atom stereocenters. The highest BCUT2D eigenvalue weighted by Crippen LogP contribution is 2.37. The molecule has 0 aliphatic rings. The molecule has 3 aromatic carbocycles. The number of ether oxygens (including phenoxy) is 4. The molecule has 0 spiro atoms. The molecular formula is C27H30Cl2N2O7S2. The number of carbonyl (C=O) groups excluding carboxylic acids is 1. The van der Waals surface area contributed by atoms with Crippen molar-refractivity contribution in [2.24, 2.45) is 0 Å². The van der Waals surface area contributed by atoms with E-state index < -0.39 is 22.5 Å². The highest BCUT2D eigenvalue weighted by Gasteiger charge is 2.31. The summed E-state index contributed by atoms with van der Waals surface area (Å²) in [5.41, 5.74) is 0.953. The number of thioether (sulfide) groups is 1. The fraction of sp³-hybridized carbons (Fsp3) is 0.296. The maximum Gasteiger partial charge on any atom is 0.265 e. The number of nitrogens with zero attached hydrogens (tertiary/aromatic N) is 1. The predicted molar refractivity (Wildman–Crippen MR) is 159 cm³/mol. The van der Waals surface area contributed by atoms with E-state index in [1.165, 1.54) is 64.5 Å². The molecule has 0 radical (unpaired) electrons. The average molecular weight is 630 g/mol. The number of nitrogens with one attached hydrogen (secondary N) is 1. The van der Waals surface area contributed by atoms with Crippen molar-refractivity contribution in [3.05, 3.63) is 70.2 Å². The Bertz CT molecular complexity index is 1420. The number of carbonyl (C=O) groups is 1. The summed E-state index contributed by atoms with van der Waals surface area (Å²) in [6, 6.07) is 14.2. The summed E-state index contributed by atoms with van der Waals surface area (Å²) in [6.07, 6.45) is 0.